The summed E-state index contributed by atoms with van der Waals surface area (Å²) in [4.78, 5) is 16.2. The molecule has 1 aromatic heterocycles. The standard InChI is InChI=1S/C16H18N2O2/c1-3-20-14-9-7-13(8-10-14)11-16(19)18-15-6-4-5-12(2)17-15/h4-10H,3,11H2,1-2H3,(H,17,18,19). The molecule has 0 fully saturated rings. The van der Waals surface area contributed by atoms with Gasteiger partial charge in [0.1, 0.15) is 11.6 Å². The van der Waals surface area contributed by atoms with Crippen molar-refractivity contribution in [3.05, 3.63) is 53.7 Å². The molecule has 0 spiro atoms. The molecule has 2 rings (SSSR count). The van der Waals surface area contributed by atoms with Gasteiger partial charge in [-0.2, -0.15) is 0 Å². The summed E-state index contributed by atoms with van der Waals surface area (Å²) in [5.74, 6) is 1.32. The maximum absolute atomic E-state index is 11.9. The lowest BCUT2D eigenvalue weighted by Gasteiger charge is -2.06. The normalized spacial score (nSPS) is 10.1. The summed E-state index contributed by atoms with van der Waals surface area (Å²) in [6, 6.07) is 13.1. The Bertz CT molecular complexity index is 579. The number of pyridine rings is 1. The topological polar surface area (TPSA) is 51.2 Å². The van der Waals surface area contributed by atoms with E-state index in [1.165, 1.54) is 0 Å². The van der Waals surface area contributed by atoms with Crippen LogP contribution in [0.1, 0.15) is 18.2 Å². The van der Waals surface area contributed by atoms with E-state index in [0.29, 0.717) is 18.8 Å². The van der Waals surface area contributed by atoms with E-state index in [-0.39, 0.29) is 5.91 Å². The first-order valence-corrected chi connectivity index (χ1v) is 6.62. The fourth-order valence-corrected chi connectivity index (χ4v) is 1.86. The Morgan fingerprint density at radius 2 is 1.95 bits per heavy atom. The number of carbonyl (C=O) groups excluding carboxylic acids is 1. The second-order valence-corrected chi connectivity index (χ2v) is 4.47. The van der Waals surface area contributed by atoms with Crippen molar-refractivity contribution in [2.24, 2.45) is 0 Å². The van der Waals surface area contributed by atoms with E-state index in [2.05, 4.69) is 10.3 Å². The maximum atomic E-state index is 11.9. The number of aryl methyl sites for hydroxylation is 1. The molecule has 104 valence electrons. The molecule has 0 unspecified atom stereocenters. The minimum atomic E-state index is -0.0766. The van der Waals surface area contributed by atoms with E-state index in [0.717, 1.165) is 17.0 Å². The Morgan fingerprint density at radius 3 is 2.60 bits per heavy atom. The summed E-state index contributed by atoms with van der Waals surface area (Å²) >= 11 is 0. The summed E-state index contributed by atoms with van der Waals surface area (Å²) in [6.07, 6.45) is 0.321. The van der Waals surface area contributed by atoms with Crippen LogP contribution in [-0.2, 0) is 11.2 Å². The van der Waals surface area contributed by atoms with Gasteiger partial charge in [-0.25, -0.2) is 4.98 Å². The zero-order valence-electron chi connectivity index (χ0n) is 11.7. The van der Waals surface area contributed by atoms with E-state index in [1.54, 1.807) is 6.07 Å². The van der Waals surface area contributed by atoms with Crippen LogP contribution in [0.2, 0.25) is 0 Å². The average molecular weight is 270 g/mol. The SMILES string of the molecule is CCOc1ccc(CC(=O)Nc2cccc(C)n2)cc1. The van der Waals surface area contributed by atoms with Crippen molar-refractivity contribution in [2.45, 2.75) is 20.3 Å². The van der Waals surface area contributed by atoms with Crippen molar-refractivity contribution < 1.29 is 9.53 Å². The van der Waals surface area contributed by atoms with Crippen LogP contribution in [-0.4, -0.2) is 17.5 Å². The number of aromatic nitrogens is 1. The Morgan fingerprint density at radius 1 is 1.20 bits per heavy atom. The highest BCUT2D eigenvalue weighted by Crippen LogP contribution is 2.13. The number of carbonyl (C=O) groups is 1. The van der Waals surface area contributed by atoms with Gasteiger partial charge in [0.2, 0.25) is 5.91 Å². The largest absolute Gasteiger partial charge is 0.494 e. The molecule has 0 bridgehead atoms. The number of hydrogen-bond acceptors (Lipinski definition) is 3. The Balaban J connectivity index is 1.94. The molecule has 20 heavy (non-hydrogen) atoms. The second-order valence-electron chi connectivity index (χ2n) is 4.47. The smallest absolute Gasteiger partial charge is 0.229 e. The lowest BCUT2D eigenvalue weighted by molar-refractivity contribution is -0.115. The van der Waals surface area contributed by atoms with Crippen LogP contribution in [0, 0.1) is 6.92 Å². The van der Waals surface area contributed by atoms with Crippen molar-refractivity contribution in [3.63, 3.8) is 0 Å². The van der Waals surface area contributed by atoms with Gasteiger partial charge >= 0.3 is 0 Å². The fourth-order valence-electron chi connectivity index (χ4n) is 1.86. The first kappa shape index (κ1) is 14.1. The average Bonchev–Trinajstić information content (AvgIpc) is 2.41. The van der Waals surface area contributed by atoms with Crippen LogP contribution in [0.15, 0.2) is 42.5 Å². The van der Waals surface area contributed by atoms with Crippen molar-refractivity contribution in [1.82, 2.24) is 4.98 Å². The van der Waals surface area contributed by atoms with Crippen LogP contribution in [0.5, 0.6) is 5.75 Å². The number of anilines is 1. The number of hydrogen-bond donors (Lipinski definition) is 1. The van der Waals surface area contributed by atoms with Gasteiger partial charge in [-0.15, -0.1) is 0 Å². The minimum absolute atomic E-state index is 0.0766. The van der Waals surface area contributed by atoms with E-state index in [9.17, 15) is 4.79 Å². The van der Waals surface area contributed by atoms with Gasteiger partial charge in [-0.3, -0.25) is 4.79 Å². The third-order valence-corrected chi connectivity index (χ3v) is 2.75. The predicted octanol–water partition coefficient (Wildman–Crippen LogP) is 2.97. The molecule has 4 heteroatoms. The maximum Gasteiger partial charge on any atom is 0.229 e. The van der Waals surface area contributed by atoms with Crippen LogP contribution >= 0.6 is 0 Å². The summed E-state index contributed by atoms with van der Waals surface area (Å²) < 4.78 is 5.36. The zero-order chi connectivity index (χ0) is 14.4. The number of ether oxygens (including phenoxy) is 1. The summed E-state index contributed by atoms with van der Waals surface area (Å²) in [5, 5.41) is 2.79. The number of nitrogens with zero attached hydrogens (tertiary/aromatic N) is 1. The number of amides is 1. The molecule has 1 N–H and O–H groups in total. The quantitative estimate of drug-likeness (QED) is 0.908. The van der Waals surface area contributed by atoms with Crippen molar-refractivity contribution in [2.75, 3.05) is 11.9 Å². The Labute approximate surface area is 118 Å². The molecule has 1 amide bonds. The lowest BCUT2D eigenvalue weighted by atomic mass is 10.1. The monoisotopic (exact) mass is 270 g/mol. The van der Waals surface area contributed by atoms with Gasteiger partial charge in [0.25, 0.3) is 0 Å². The molecule has 0 aliphatic carbocycles. The number of rotatable bonds is 5. The van der Waals surface area contributed by atoms with E-state index >= 15 is 0 Å². The molecule has 1 heterocycles. The van der Waals surface area contributed by atoms with Gasteiger partial charge in [0.15, 0.2) is 0 Å². The molecule has 0 aliphatic heterocycles. The van der Waals surface area contributed by atoms with E-state index in [4.69, 9.17) is 4.74 Å². The van der Waals surface area contributed by atoms with Gasteiger partial charge < -0.3 is 10.1 Å². The lowest BCUT2D eigenvalue weighted by Crippen LogP contribution is -2.15. The van der Waals surface area contributed by atoms with E-state index < -0.39 is 0 Å². The van der Waals surface area contributed by atoms with Crippen molar-refractivity contribution in [1.29, 1.82) is 0 Å². The zero-order valence-corrected chi connectivity index (χ0v) is 11.7. The molecule has 0 radical (unpaired) electrons. The molecule has 0 aliphatic rings. The molecule has 1 aromatic carbocycles. The molecule has 0 atom stereocenters. The highest BCUT2D eigenvalue weighted by atomic mass is 16.5. The third kappa shape index (κ3) is 4.09. The summed E-state index contributed by atoms with van der Waals surface area (Å²) in [5.41, 5.74) is 1.82. The van der Waals surface area contributed by atoms with Gasteiger partial charge in [0, 0.05) is 5.69 Å². The van der Waals surface area contributed by atoms with E-state index in [1.807, 2.05) is 50.2 Å². The summed E-state index contributed by atoms with van der Waals surface area (Å²) in [7, 11) is 0. The predicted molar refractivity (Wildman–Crippen MR) is 78.9 cm³/mol. The molecular formula is C16H18N2O2. The first-order valence-electron chi connectivity index (χ1n) is 6.62. The molecule has 2 aromatic rings. The van der Waals surface area contributed by atoms with Crippen LogP contribution in [0.4, 0.5) is 5.82 Å². The van der Waals surface area contributed by atoms with Crippen molar-refractivity contribution >= 4 is 11.7 Å². The van der Waals surface area contributed by atoms with Gasteiger partial charge in [0.05, 0.1) is 13.0 Å². The first-order chi connectivity index (χ1) is 9.67. The summed E-state index contributed by atoms with van der Waals surface area (Å²) in [6.45, 7) is 4.47. The molecule has 4 nitrogen and oxygen atoms in total. The highest BCUT2D eigenvalue weighted by Gasteiger charge is 2.05. The minimum Gasteiger partial charge on any atom is -0.494 e. The Kier molecular flexibility index (Phi) is 4.71. The molecule has 0 saturated carbocycles. The second kappa shape index (κ2) is 6.70. The fraction of sp³-hybridized carbons (Fsp3) is 0.250. The van der Waals surface area contributed by atoms with Crippen LogP contribution < -0.4 is 10.1 Å². The highest BCUT2D eigenvalue weighted by molar-refractivity contribution is 5.91. The van der Waals surface area contributed by atoms with Crippen LogP contribution in [0.25, 0.3) is 0 Å². The van der Waals surface area contributed by atoms with Crippen LogP contribution in [0.3, 0.4) is 0 Å². The van der Waals surface area contributed by atoms with Gasteiger partial charge in [-0.05, 0) is 43.7 Å². The third-order valence-electron chi connectivity index (χ3n) is 2.75. The van der Waals surface area contributed by atoms with Gasteiger partial charge in [-0.1, -0.05) is 18.2 Å². The number of benzene rings is 1. The molecule has 0 saturated heterocycles. The Hall–Kier alpha value is -2.36. The van der Waals surface area contributed by atoms with Crippen molar-refractivity contribution in [3.8, 4) is 5.75 Å². The molecular weight excluding hydrogens is 252 g/mol. The number of nitrogens with one attached hydrogen (secondary N) is 1.